The van der Waals surface area contributed by atoms with E-state index in [1.807, 2.05) is 42.5 Å². The van der Waals surface area contributed by atoms with Gasteiger partial charge in [-0.3, -0.25) is 5.43 Å². The minimum absolute atomic E-state index is 0.171. The van der Waals surface area contributed by atoms with Gasteiger partial charge < -0.3 is 19.9 Å². The average Bonchev–Trinajstić information content (AvgIpc) is 3.47. The summed E-state index contributed by atoms with van der Waals surface area (Å²) in [5, 5.41) is 22.7. The monoisotopic (exact) mass is 498 g/mol. The molecule has 2 aromatic carbocycles. The van der Waals surface area contributed by atoms with Crippen LogP contribution in [0.5, 0.6) is 5.75 Å². The third kappa shape index (κ3) is 4.66. The largest absolute Gasteiger partial charge is 0.492 e. The number of hydrogen-bond donors (Lipinski definition) is 4. The predicted octanol–water partition coefficient (Wildman–Crippen LogP) is 4.23. The molecular weight excluding hydrogens is 468 g/mol. The minimum Gasteiger partial charge on any atom is -0.492 e. The van der Waals surface area contributed by atoms with Gasteiger partial charge in [0.25, 0.3) is 0 Å². The lowest BCUT2D eigenvalue weighted by molar-refractivity contribution is 0.144. The highest BCUT2D eigenvalue weighted by molar-refractivity contribution is 5.96. The Labute approximate surface area is 215 Å². The van der Waals surface area contributed by atoms with Crippen molar-refractivity contribution in [3.63, 3.8) is 0 Å². The van der Waals surface area contributed by atoms with E-state index >= 15 is 0 Å². The van der Waals surface area contributed by atoms with E-state index in [9.17, 15) is 10.1 Å². The number of rotatable bonds is 8. The molecule has 2 amide bonds. The summed E-state index contributed by atoms with van der Waals surface area (Å²) < 4.78 is 8.34. The second-order valence-corrected chi connectivity index (χ2v) is 9.76. The molecule has 2 aliphatic carbocycles. The van der Waals surface area contributed by atoms with E-state index in [0.29, 0.717) is 24.8 Å². The van der Waals surface area contributed by atoms with Gasteiger partial charge in [0, 0.05) is 29.2 Å². The fraction of sp³-hybridized carbons (Fsp3) is 0.370. The number of aromatic nitrogens is 1. The number of nitrogens with zero attached hydrogens (tertiary/aromatic N) is 4. The average molecular weight is 499 g/mol. The molecule has 10 heteroatoms. The quantitative estimate of drug-likeness (QED) is 0.369. The van der Waals surface area contributed by atoms with E-state index < -0.39 is 0 Å². The standard InChI is InChI=1S/C27H30N8O2/c28-16-24-23-12-11-22(37-14-13-34-30-17-29-33-34)15-25(23)35(21-5-2-6-21)26(24)18-7-9-20(10-8-18)32-27(36)31-19-3-1-4-19/h7-12,15,17,19,21,33H,1-6,13-14H2,(H,29,30)(H2,31,32,36). The van der Waals surface area contributed by atoms with Crippen LogP contribution >= 0.6 is 0 Å². The molecule has 37 heavy (non-hydrogen) atoms. The molecule has 190 valence electrons. The summed E-state index contributed by atoms with van der Waals surface area (Å²) in [5.41, 5.74) is 10.1. The Bertz CT molecular complexity index is 1360. The van der Waals surface area contributed by atoms with Crippen LogP contribution in [0.3, 0.4) is 0 Å². The normalized spacial score (nSPS) is 17.4. The molecule has 2 saturated carbocycles. The van der Waals surface area contributed by atoms with E-state index in [2.05, 4.69) is 37.3 Å². The predicted molar refractivity (Wildman–Crippen MR) is 142 cm³/mol. The van der Waals surface area contributed by atoms with Crippen LogP contribution in [-0.2, 0) is 0 Å². The fourth-order valence-corrected chi connectivity index (χ4v) is 5.01. The van der Waals surface area contributed by atoms with Crippen molar-refractivity contribution in [2.24, 2.45) is 5.10 Å². The third-order valence-electron chi connectivity index (χ3n) is 7.42. The van der Waals surface area contributed by atoms with Gasteiger partial charge in [-0.25, -0.2) is 10.3 Å². The van der Waals surface area contributed by atoms with Crippen molar-refractivity contribution in [1.82, 2.24) is 26.0 Å². The van der Waals surface area contributed by atoms with Gasteiger partial charge >= 0.3 is 6.03 Å². The van der Waals surface area contributed by atoms with Crippen molar-refractivity contribution < 1.29 is 9.53 Å². The van der Waals surface area contributed by atoms with Crippen LogP contribution in [0.2, 0.25) is 0 Å². The number of amides is 2. The molecular formula is C27H30N8O2. The topological polar surface area (TPSA) is 119 Å². The number of nitrogens with one attached hydrogen (secondary N) is 4. The number of ether oxygens (including phenoxy) is 1. The van der Waals surface area contributed by atoms with E-state index in [1.165, 1.54) is 12.8 Å². The van der Waals surface area contributed by atoms with Crippen molar-refractivity contribution in [1.29, 1.82) is 5.26 Å². The maximum atomic E-state index is 12.3. The second kappa shape index (κ2) is 10.0. The Balaban J connectivity index is 1.27. The summed E-state index contributed by atoms with van der Waals surface area (Å²) in [5.74, 6) is 0.763. The van der Waals surface area contributed by atoms with E-state index in [4.69, 9.17) is 4.74 Å². The Morgan fingerprint density at radius 3 is 2.59 bits per heavy atom. The van der Waals surface area contributed by atoms with Crippen LogP contribution in [0.25, 0.3) is 22.2 Å². The lowest BCUT2D eigenvalue weighted by Gasteiger charge is -2.30. The molecule has 6 rings (SSSR count). The molecule has 0 bridgehead atoms. The summed E-state index contributed by atoms with van der Waals surface area (Å²) in [6, 6.07) is 16.6. The van der Waals surface area contributed by atoms with Crippen LogP contribution < -0.4 is 26.3 Å². The molecule has 2 fully saturated rings. The van der Waals surface area contributed by atoms with Crippen molar-refractivity contribution in [2.75, 3.05) is 18.5 Å². The molecule has 0 saturated heterocycles. The van der Waals surface area contributed by atoms with Gasteiger partial charge in [0.1, 0.15) is 24.8 Å². The number of carbonyl (C=O) groups excluding carboxylic acids is 1. The van der Waals surface area contributed by atoms with Crippen molar-refractivity contribution >= 4 is 29.0 Å². The van der Waals surface area contributed by atoms with Crippen LogP contribution in [0, 0.1) is 11.3 Å². The molecule has 1 aromatic heterocycles. The van der Waals surface area contributed by atoms with Crippen molar-refractivity contribution in [3.8, 4) is 23.1 Å². The number of hydrogen-bond acceptors (Lipinski definition) is 7. The lowest BCUT2D eigenvalue weighted by Crippen LogP contribution is -2.41. The van der Waals surface area contributed by atoms with Crippen molar-refractivity contribution in [2.45, 2.75) is 50.6 Å². The van der Waals surface area contributed by atoms with Crippen LogP contribution in [-0.4, -0.2) is 41.2 Å². The molecule has 4 N–H and O–H groups in total. The molecule has 0 atom stereocenters. The van der Waals surface area contributed by atoms with Gasteiger partial charge in [-0.15, -0.1) is 5.12 Å². The number of hydrazone groups is 1. The van der Waals surface area contributed by atoms with Gasteiger partial charge in [0.15, 0.2) is 0 Å². The first-order valence-electron chi connectivity index (χ1n) is 12.9. The Morgan fingerprint density at radius 2 is 1.95 bits per heavy atom. The minimum atomic E-state index is -0.171. The maximum Gasteiger partial charge on any atom is 0.319 e. The molecule has 1 aliphatic heterocycles. The highest BCUT2D eigenvalue weighted by Gasteiger charge is 2.28. The van der Waals surface area contributed by atoms with Crippen LogP contribution in [0.4, 0.5) is 10.5 Å². The molecule has 2 heterocycles. The number of carbonyl (C=O) groups is 1. The molecule has 0 unspecified atom stereocenters. The number of anilines is 1. The summed E-state index contributed by atoms with van der Waals surface area (Å²) in [7, 11) is 0. The van der Waals surface area contributed by atoms with Gasteiger partial charge in [0.2, 0.25) is 0 Å². The zero-order valence-electron chi connectivity index (χ0n) is 20.5. The second-order valence-electron chi connectivity index (χ2n) is 9.76. The highest BCUT2D eigenvalue weighted by atomic mass is 16.5. The number of nitriles is 1. The summed E-state index contributed by atoms with van der Waals surface area (Å²) in [6.07, 6.45) is 8.19. The first kappa shape index (κ1) is 23.2. The Kier molecular flexibility index (Phi) is 6.28. The number of benzene rings is 2. The van der Waals surface area contributed by atoms with Crippen molar-refractivity contribution in [3.05, 3.63) is 48.0 Å². The lowest BCUT2D eigenvalue weighted by atomic mass is 9.92. The maximum absolute atomic E-state index is 12.3. The van der Waals surface area contributed by atoms with Gasteiger partial charge in [-0.1, -0.05) is 12.1 Å². The zero-order valence-corrected chi connectivity index (χ0v) is 20.5. The van der Waals surface area contributed by atoms with E-state index in [1.54, 1.807) is 11.5 Å². The van der Waals surface area contributed by atoms with Gasteiger partial charge in [-0.05, 0) is 68.4 Å². The molecule has 3 aromatic rings. The molecule has 3 aliphatic rings. The zero-order chi connectivity index (χ0) is 25.2. The summed E-state index contributed by atoms with van der Waals surface area (Å²) in [6.45, 7) is 1.08. The first-order valence-corrected chi connectivity index (χ1v) is 12.9. The van der Waals surface area contributed by atoms with Gasteiger partial charge in [-0.2, -0.15) is 10.4 Å². The fourth-order valence-electron chi connectivity index (χ4n) is 5.01. The van der Waals surface area contributed by atoms with Gasteiger partial charge in [0.05, 0.1) is 23.3 Å². The Morgan fingerprint density at radius 1 is 1.14 bits per heavy atom. The molecule has 0 radical (unpaired) electrons. The SMILES string of the molecule is N#Cc1c(-c2ccc(NC(=O)NC3CCC3)cc2)n(C2CCC2)c2cc(OCCN3NC=NN3)ccc12. The van der Waals surface area contributed by atoms with E-state index in [0.717, 1.165) is 59.3 Å². The number of fused-ring (bicyclic) bond motifs is 1. The summed E-state index contributed by atoms with van der Waals surface area (Å²) >= 11 is 0. The number of hydrazine groups is 2. The Hall–Kier alpha value is -4.23. The highest BCUT2D eigenvalue weighted by Crippen LogP contribution is 2.43. The number of urea groups is 1. The molecule has 0 spiro atoms. The summed E-state index contributed by atoms with van der Waals surface area (Å²) in [4.78, 5) is 12.3. The van der Waals surface area contributed by atoms with Crippen LogP contribution in [0.1, 0.15) is 50.1 Å². The smallest absolute Gasteiger partial charge is 0.319 e. The third-order valence-corrected chi connectivity index (χ3v) is 7.42. The van der Waals surface area contributed by atoms with E-state index in [-0.39, 0.29) is 12.1 Å². The van der Waals surface area contributed by atoms with Crippen LogP contribution in [0.15, 0.2) is 47.6 Å². The molecule has 10 nitrogen and oxygen atoms in total. The first-order chi connectivity index (χ1) is 18.2.